The van der Waals surface area contributed by atoms with Gasteiger partial charge in [0.2, 0.25) is 0 Å². The fourth-order valence-corrected chi connectivity index (χ4v) is 2.26. The van der Waals surface area contributed by atoms with Crippen LogP contribution in [-0.4, -0.2) is 23.6 Å². The molecule has 2 rings (SSSR count). The first-order chi connectivity index (χ1) is 11.5. The summed E-state index contributed by atoms with van der Waals surface area (Å²) in [5.74, 6) is -1.30. The van der Waals surface area contributed by atoms with E-state index in [2.05, 4.69) is 12.2 Å². The maximum atomic E-state index is 11.9. The number of carbonyl (C=O) groups is 2. The van der Waals surface area contributed by atoms with E-state index in [0.717, 1.165) is 12.0 Å². The lowest BCUT2D eigenvalue weighted by molar-refractivity contribution is -0.124. The van der Waals surface area contributed by atoms with E-state index in [4.69, 9.17) is 4.74 Å². The van der Waals surface area contributed by atoms with E-state index in [-0.39, 0.29) is 17.4 Å². The molecule has 2 aromatic carbocycles. The van der Waals surface area contributed by atoms with Crippen molar-refractivity contribution in [1.29, 1.82) is 0 Å². The zero-order valence-electron chi connectivity index (χ0n) is 13.8. The summed E-state index contributed by atoms with van der Waals surface area (Å²) in [4.78, 5) is 23.8. The number of hydrogen-bond donors (Lipinski definition) is 2. The highest BCUT2D eigenvalue weighted by molar-refractivity contribution is 5.93. The SMILES string of the molecule is CCc1ccc([C@@H](C)NC(=O)COC(=O)c2ccccc2O)cc1. The van der Waals surface area contributed by atoms with E-state index in [1.54, 1.807) is 12.1 Å². The maximum Gasteiger partial charge on any atom is 0.342 e. The number of aryl methyl sites for hydroxylation is 1. The molecule has 0 radical (unpaired) electrons. The van der Waals surface area contributed by atoms with E-state index in [1.165, 1.54) is 17.7 Å². The molecular formula is C19H21NO4. The second kappa shape index (κ2) is 8.15. The highest BCUT2D eigenvalue weighted by Gasteiger charge is 2.15. The number of phenolic OH excluding ortho intramolecular Hbond substituents is 1. The van der Waals surface area contributed by atoms with Gasteiger partial charge in [0.05, 0.1) is 6.04 Å². The standard InChI is InChI=1S/C19H21NO4/c1-3-14-8-10-15(11-9-14)13(2)20-18(22)12-24-19(23)16-6-4-5-7-17(16)21/h4-11,13,21H,3,12H2,1-2H3,(H,20,22)/t13-/m1/s1. The average molecular weight is 327 g/mol. The first kappa shape index (κ1) is 17.5. The Hall–Kier alpha value is -2.82. The Bertz CT molecular complexity index is 710. The molecule has 126 valence electrons. The molecule has 0 fully saturated rings. The van der Waals surface area contributed by atoms with E-state index >= 15 is 0 Å². The smallest absolute Gasteiger partial charge is 0.342 e. The molecule has 5 heteroatoms. The fraction of sp³-hybridized carbons (Fsp3) is 0.263. The van der Waals surface area contributed by atoms with E-state index in [0.29, 0.717) is 0 Å². The minimum atomic E-state index is -0.733. The molecular weight excluding hydrogens is 306 g/mol. The molecule has 0 aliphatic carbocycles. The lowest BCUT2D eigenvalue weighted by Gasteiger charge is -2.15. The number of benzene rings is 2. The lowest BCUT2D eigenvalue weighted by atomic mass is 10.1. The Kier molecular flexibility index (Phi) is 5.95. The Balaban J connectivity index is 1.86. The molecule has 5 nitrogen and oxygen atoms in total. The van der Waals surface area contributed by atoms with Gasteiger partial charge >= 0.3 is 5.97 Å². The molecule has 1 amide bonds. The van der Waals surface area contributed by atoms with Crippen molar-refractivity contribution in [2.45, 2.75) is 26.3 Å². The highest BCUT2D eigenvalue weighted by atomic mass is 16.5. The molecule has 0 unspecified atom stereocenters. The molecule has 0 saturated carbocycles. The van der Waals surface area contributed by atoms with Gasteiger partial charge in [-0.05, 0) is 36.6 Å². The molecule has 0 saturated heterocycles. The van der Waals surface area contributed by atoms with E-state index < -0.39 is 18.5 Å². The van der Waals surface area contributed by atoms with Gasteiger partial charge in [0, 0.05) is 0 Å². The first-order valence-electron chi connectivity index (χ1n) is 7.84. The van der Waals surface area contributed by atoms with Crippen LogP contribution in [0.5, 0.6) is 5.75 Å². The van der Waals surface area contributed by atoms with Crippen molar-refractivity contribution in [3.63, 3.8) is 0 Å². The summed E-state index contributed by atoms with van der Waals surface area (Å²) in [6.07, 6.45) is 0.962. The van der Waals surface area contributed by atoms with Crippen LogP contribution in [0.3, 0.4) is 0 Å². The Morgan fingerprint density at radius 1 is 1.12 bits per heavy atom. The van der Waals surface area contributed by atoms with Crippen molar-refractivity contribution < 1.29 is 19.4 Å². The molecule has 0 bridgehead atoms. The predicted octanol–water partition coefficient (Wildman–Crippen LogP) is 2.99. The van der Waals surface area contributed by atoms with Crippen LogP contribution < -0.4 is 5.32 Å². The summed E-state index contributed by atoms with van der Waals surface area (Å²) in [7, 11) is 0. The van der Waals surface area contributed by atoms with Crippen LogP contribution in [0.2, 0.25) is 0 Å². The monoisotopic (exact) mass is 327 g/mol. The van der Waals surface area contributed by atoms with Crippen molar-refractivity contribution in [2.24, 2.45) is 0 Å². The molecule has 0 aromatic heterocycles. The molecule has 24 heavy (non-hydrogen) atoms. The topological polar surface area (TPSA) is 75.6 Å². The van der Waals surface area contributed by atoms with Crippen LogP contribution in [-0.2, 0) is 16.0 Å². The summed E-state index contributed by atoms with van der Waals surface area (Å²) in [5.41, 5.74) is 2.25. The number of amides is 1. The molecule has 2 N–H and O–H groups in total. The molecule has 0 aliphatic rings. The largest absolute Gasteiger partial charge is 0.507 e. The number of phenols is 1. The van der Waals surface area contributed by atoms with Crippen LogP contribution >= 0.6 is 0 Å². The first-order valence-corrected chi connectivity index (χ1v) is 7.84. The normalized spacial score (nSPS) is 11.6. The maximum absolute atomic E-state index is 11.9. The highest BCUT2D eigenvalue weighted by Crippen LogP contribution is 2.17. The number of rotatable bonds is 6. The fourth-order valence-electron chi connectivity index (χ4n) is 2.26. The van der Waals surface area contributed by atoms with Gasteiger partial charge < -0.3 is 15.2 Å². The lowest BCUT2D eigenvalue weighted by Crippen LogP contribution is -2.31. The Morgan fingerprint density at radius 3 is 2.42 bits per heavy atom. The van der Waals surface area contributed by atoms with Gasteiger partial charge in [0.1, 0.15) is 11.3 Å². The van der Waals surface area contributed by atoms with Gasteiger partial charge in [-0.1, -0.05) is 43.3 Å². The number of nitrogens with one attached hydrogen (secondary N) is 1. The number of carbonyl (C=O) groups excluding carboxylic acids is 2. The number of para-hydroxylation sites is 1. The minimum Gasteiger partial charge on any atom is -0.507 e. The van der Waals surface area contributed by atoms with Gasteiger partial charge in [0.25, 0.3) is 5.91 Å². The summed E-state index contributed by atoms with van der Waals surface area (Å²) in [5, 5.41) is 12.4. The van der Waals surface area contributed by atoms with Gasteiger partial charge in [-0.15, -0.1) is 0 Å². The van der Waals surface area contributed by atoms with Crippen LogP contribution in [0.15, 0.2) is 48.5 Å². The second-order valence-corrected chi connectivity index (χ2v) is 5.48. The van der Waals surface area contributed by atoms with Gasteiger partial charge in [-0.2, -0.15) is 0 Å². The molecule has 0 aliphatic heterocycles. The summed E-state index contributed by atoms with van der Waals surface area (Å²) >= 11 is 0. The zero-order valence-corrected chi connectivity index (χ0v) is 13.8. The second-order valence-electron chi connectivity index (χ2n) is 5.48. The number of hydrogen-bond acceptors (Lipinski definition) is 4. The third-order valence-electron chi connectivity index (χ3n) is 3.72. The van der Waals surface area contributed by atoms with Crippen molar-refractivity contribution in [3.05, 3.63) is 65.2 Å². The third-order valence-corrected chi connectivity index (χ3v) is 3.72. The van der Waals surface area contributed by atoms with Crippen molar-refractivity contribution >= 4 is 11.9 Å². The van der Waals surface area contributed by atoms with Crippen molar-refractivity contribution in [2.75, 3.05) is 6.61 Å². The Labute approximate surface area is 141 Å². The van der Waals surface area contributed by atoms with Crippen LogP contribution in [0, 0.1) is 0 Å². The quantitative estimate of drug-likeness (QED) is 0.800. The zero-order chi connectivity index (χ0) is 17.5. The van der Waals surface area contributed by atoms with Crippen LogP contribution in [0.1, 0.15) is 41.4 Å². The summed E-state index contributed by atoms with van der Waals surface area (Å²) in [6.45, 7) is 3.55. The van der Waals surface area contributed by atoms with Gasteiger partial charge in [-0.3, -0.25) is 4.79 Å². The molecule has 0 heterocycles. The average Bonchev–Trinajstić information content (AvgIpc) is 2.60. The predicted molar refractivity (Wildman–Crippen MR) is 90.8 cm³/mol. The minimum absolute atomic E-state index is 0.0357. The molecule has 0 spiro atoms. The van der Waals surface area contributed by atoms with Gasteiger partial charge in [0.15, 0.2) is 6.61 Å². The van der Waals surface area contributed by atoms with Gasteiger partial charge in [-0.25, -0.2) is 4.79 Å². The van der Waals surface area contributed by atoms with Crippen LogP contribution in [0.25, 0.3) is 0 Å². The number of aromatic hydroxyl groups is 1. The summed E-state index contributed by atoms with van der Waals surface area (Å²) in [6, 6.07) is 13.8. The molecule has 2 aromatic rings. The number of esters is 1. The third kappa shape index (κ3) is 4.59. The van der Waals surface area contributed by atoms with Crippen LogP contribution in [0.4, 0.5) is 0 Å². The molecule has 1 atom stereocenters. The Morgan fingerprint density at radius 2 is 1.79 bits per heavy atom. The summed E-state index contributed by atoms with van der Waals surface area (Å²) < 4.78 is 4.93. The van der Waals surface area contributed by atoms with Crippen molar-refractivity contribution in [1.82, 2.24) is 5.32 Å². The number of ether oxygens (including phenoxy) is 1. The van der Waals surface area contributed by atoms with Crippen molar-refractivity contribution in [3.8, 4) is 5.75 Å². The van der Waals surface area contributed by atoms with E-state index in [1.807, 2.05) is 31.2 Å². The van der Waals surface area contributed by atoms with E-state index in [9.17, 15) is 14.7 Å².